The van der Waals surface area contributed by atoms with E-state index in [0.717, 1.165) is 6.42 Å². The van der Waals surface area contributed by atoms with Gasteiger partial charge in [-0.1, -0.05) is 20.8 Å². The number of ether oxygens (including phenoxy) is 1. The van der Waals surface area contributed by atoms with Crippen molar-refractivity contribution < 1.29 is 18.8 Å². The van der Waals surface area contributed by atoms with Crippen LogP contribution in [0.5, 0.6) is 0 Å². The molecule has 1 fully saturated rings. The van der Waals surface area contributed by atoms with Crippen LogP contribution in [-0.2, 0) is 13.7 Å². The smallest absolute Gasteiger partial charge is 0.192 e. The molecule has 1 saturated heterocycles. The Morgan fingerprint density at radius 3 is 2.38 bits per heavy atom. The van der Waals surface area contributed by atoms with Gasteiger partial charge in [-0.3, -0.25) is 0 Å². The van der Waals surface area contributed by atoms with Crippen LogP contribution >= 0.6 is 7.14 Å². The number of hydrogen-bond donors (Lipinski definition) is 1. The van der Waals surface area contributed by atoms with Gasteiger partial charge in [-0.25, -0.2) is 0 Å². The molecule has 4 nitrogen and oxygen atoms in total. The molecule has 7 heteroatoms. The highest BCUT2D eigenvalue weighted by Gasteiger charge is 2.43. The van der Waals surface area contributed by atoms with Gasteiger partial charge in [0.1, 0.15) is 20.8 Å². The van der Waals surface area contributed by atoms with Crippen molar-refractivity contribution in [1.82, 2.24) is 0 Å². The molecule has 0 bridgehead atoms. The lowest BCUT2D eigenvalue weighted by molar-refractivity contribution is 0.0448. The van der Waals surface area contributed by atoms with E-state index in [1.807, 2.05) is 7.85 Å². The van der Waals surface area contributed by atoms with E-state index in [1.165, 1.54) is 0 Å². The van der Waals surface area contributed by atoms with Crippen LogP contribution in [0.4, 0.5) is 0 Å². The quantitative estimate of drug-likeness (QED) is 0.620. The van der Waals surface area contributed by atoms with E-state index in [4.69, 9.17) is 9.16 Å². The van der Waals surface area contributed by atoms with Crippen LogP contribution < -0.4 is 0 Å². The fraction of sp³-hybridized carbons (Fsp3) is 1.00. The molecule has 0 aromatic rings. The molecule has 1 rings (SSSR count). The second kappa shape index (κ2) is 6.48. The number of aliphatic hydroxyl groups excluding tert-OH is 1. The van der Waals surface area contributed by atoms with Crippen molar-refractivity contribution in [2.45, 2.75) is 75.8 Å². The van der Waals surface area contributed by atoms with E-state index < -0.39 is 21.3 Å². The van der Waals surface area contributed by atoms with Crippen molar-refractivity contribution in [3.63, 3.8) is 0 Å². The third-order valence-electron chi connectivity index (χ3n) is 4.87. The lowest BCUT2D eigenvalue weighted by Gasteiger charge is -2.39. The van der Waals surface area contributed by atoms with Gasteiger partial charge in [0, 0.05) is 18.8 Å². The van der Waals surface area contributed by atoms with E-state index in [0.29, 0.717) is 6.42 Å². The zero-order valence-electron chi connectivity index (χ0n) is 14.8. The summed E-state index contributed by atoms with van der Waals surface area (Å²) in [5.74, 6) is -0.777. The second-order valence-corrected chi connectivity index (χ2v) is 16.5. The van der Waals surface area contributed by atoms with Crippen molar-refractivity contribution in [2.24, 2.45) is 0 Å². The van der Waals surface area contributed by atoms with Gasteiger partial charge in [-0.05, 0) is 31.5 Å². The van der Waals surface area contributed by atoms with Gasteiger partial charge in [0.2, 0.25) is 0 Å². The maximum Gasteiger partial charge on any atom is 0.192 e. The predicted octanol–water partition coefficient (Wildman–Crippen LogP) is 2.46. The lowest BCUT2D eigenvalue weighted by atomic mass is 9.94. The van der Waals surface area contributed by atoms with Gasteiger partial charge in [-0.15, -0.1) is 0 Å². The topological polar surface area (TPSA) is 55.8 Å². The van der Waals surface area contributed by atoms with Crippen molar-refractivity contribution >= 4 is 23.3 Å². The van der Waals surface area contributed by atoms with Crippen LogP contribution in [0, 0.1) is 0 Å². The summed E-state index contributed by atoms with van der Waals surface area (Å²) >= 11 is 0. The molecule has 1 unspecified atom stereocenters. The predicted molar refractivity (Wildman–Crippen MR) is 94.0 cm³/mol. The zero-order chi connectivity index (χ0) is 16.6. The third kappa shape index (κ3) is 5.21. The first-order valence-corrected chi connectivity index (χ1v) is 13.4. The summed E-state index contributed by atoms with van der Waals surface area (Å²) < 4.78 is 24.2. The molecular weight excluding hydrogens is 302 g/mol. The minimum Gasteiger partial charge on any atom is -0.412 e. The highest BCUT2D eigenvalue weighted by molar-refractivity contribution is 7.62. The number of rotatable bonds is 5. The van der Waals surface area contributed by atoms with Gasteiger partial charge in [0.25, 0.3) is 0 Å². The molecule has 0 aliphatic carbocycles. The molecule has 124 valence electrons. The second-order valence-electron chi connectivity index (χ2n) is 8.27. The minimum absolute atomic E-state index is 0.0319. The van der Waals surface area contributed by atoms with Crippen LogP contribution in [0.15, 0.2) is 0 Å². The summed E-state index contributed by atoms with van der Waals surface area (Å²) in [6.45, 7) is 14.4. The van der Waals surface area contributed by atoms with E-state index >= 15 is 0 Å². The largest absolute Gasteiger partial charge is 0.412 e. The molecular formula is C14H32BO4PSi. The molecule has 4 atom stereocenters. The first kappa shape index (κ1) is 19.4. The molecule has 0 amide bonds. The maximum atomic E-state index is 11.9. The van der Waals surface area contributed by atoms with Crippen molar-refractivity contribution in [3.8, 4) is 0 Å². The van der Waals surface area contributed by atoms with Crippen molar-refractivity contribution in [3.05, 3.63) is 0 Å². The zero-order valence-corrected chi connectivity index (χ0v) is 16.7. The molecule has 1 aliphatic heterocycles. The standard InChI is InChI=1S/C14H32BO4PSi/c1-14(2,3)21(6,7)19-11-8-10(18-13(11)15)9-12(16)20(4,5)17/h10-13,16H,8-9,15H2,1-7H3/t10-,11-,12?,13+/m0/s1. The average molecular weight is 334 g/mol. The highest BCUT2D eigenvalue weighted by Crippen LogP contribution is 2.45. The summed E-state index contributed by atoms with van der Waals surface area (Å²) in [4.78, 5) is 0. The van der Waals surface area contributed by atoms with E-state index in [-0.39, 0.29) is 23.2 Å². The Morgan fingerprint density at radius 1 is 1.43 bits per heavy atom. The molecule has 1 heterocycles. The Labute approximate surface area is 131 Å². The Hall–Kier alpha value is 0.392. The van der Waals surface area contributed by atoms with Crippen LogP contribution in [-0.4, -0.2) is 58.7 Å². The Bertz CT molecular complexity index is 404. The third-order valence-corrected chi connectivity index (χ3v) is 11.0. The minimum atomic E-state index is -2.47. The average Bonchev–Trinajstić information content (AvgIpc) is 2.55. The van der Waals surface area contributed by atoms with E-state index in [1.54, 1.807) is 13.3 Å². The summed E-state index contributed by atoms with van der Waals surface area (Å²) in [5.41, 5.74) is 0. The van der Waals surface area contributed by atoms with Gasteiger partial charge in [0.15, 0.2) is 8.32 Å². The number of hydrogen-bond acceptors (Lipinski definition) is 4. The van der Waals surface area contributed by atoms with Gasteiger partial charge in [-0.2, -0.15) is 0 Å². The van der Waals surface area contributed by atoms with Crippen LogP contribution in [0.3, 0.4) is 0 Å². The SMILES string of the molecule is B[C@@H]1O[C@H](CC(O)P(C)(C)=O)C[C@@H]1O[Si](C)(C)C(C)(C)C. The van der Waals surface area contributed by atoms with Crippen LogP contribution in [0.2, 0.25) is 18.1 Å². The Morgan fingerprint density at radius 2 is 1.95 bits per heavy atom. The van der Waals surface area contributed by atoms with Gasteiger partial charge >= 0.3 is 0 Å². The van der Waals surface area contributed by atoms with Crippen molar-refractivity contribution in [1.29, 1.82) is 0 Å². The molecule has 0 aromatic heterocycles. The highest BCUT2D eigenvalue weighted by atomic mass is 31.2. The Balaban J connectivity index is 2.64. The van der Waals surface area contributed by atoms with E-state index in [9.17, 15) is 9.67 Å². The molecule has 21 heavy (non-hydrogen) atoms. The van der Waals surface area contributed by atoms with Gasteiger partial charge < -0.3 is 18.8 Å². The molecule has 0 saturated carbocycles. The normalized spacial score (nSPS) is 29.6. The molecule has 1 N–H and O–H groups in total. The summed E-state index contributed by atoms with van der Waals surface area (Å²) in [7, 11) is -2.26. The monoisotopic (exact) mass is 334 g/mol. The Kier molecular flexibility index (Phi) is 6.00. The number of aliphatic hydroxyl groups is 1. The molecule has 0 spiro atoms. The van der Waals surface area contributed by atoms with Crippen molar-refractivity contribution in [2.75, 3.05) is 13.3 Å². The van der Waals surface area contributed by atoms with Gasteiger partial charge in [0.05, 0.1) is 12.2 Å². The van der Waals surface area contributed by atoms with Crippen LogP contribution in [0.1, 0.15) is 33.6 Å². The summed E-state index contributed by atoms with van der Waals surface area (Å²) in [5, 5.41) is 10.2. The first-order chi connectivity index (χ1) is 9.24. The van der Waals surface area contributed by atoms with E-state index in [2.05, 4.69) is 33.9 Å². The van der Waals surface area contributed by atoms with Crippen LogP contribution in [0.25, 0.3) is 0 Å². The maximum absolute atomic E-state index is 11.9. The first-order valence-electron chi connectivity index (χ1n) is 7.80. The molecule has 0 radical (unpaired) electrons. The summed E-state index contributed by atoms with van der Waals surface area (Å²) in [6, 6.07) is 0.0319. The summed E-state index contributed by atoms with van der Waals surface area (Å²) in [6.07, 6.45) is 1.24. The fourth-order valence-electron chi connectivity index (χ4n) is 2.24. The molecule has 1 aliphatic rings. The molecule has 0 aromatic carbocycles. The lowest BCUT2D eigenvalue weighted by Crippen LogP contribution is -2.46. The fourth-order valence-corrected chi connectivity index (χ4v) is 4.38.